The van der Waals surface area contributed by atoms with Crippen molar-refractivity contribution in [2.45, 2.75) is 58.5 Å². The second-order valence-electron chi connectivity index (χ2n) is 7.19. The van der Waals surface area contributed by atoms with Gasteiger partial charge >= 0.3 is 0 Å². The number of carbonyl (C=O) groups is 1. The predicted octanol–water partition coefficient (Wildman–Crippen LogP) is 3.14. The lowest BCUT2D eigenvalue weighted by molar-refractivity contribution is -0.116. The van der Waals surface area contributed by atoms with Crippen molar-refractivity contribution in [1.29, 1.82) is 0 Å². The van der Waals surface area contributed by atoms with Crippen molar-refractivity contribution in [3.63, 3.8) is 0 Å². The number of hydrogen-bond acceptors (Lipinski definition) is 5. The molecule has 0 radical (unpaired) electrons. The molecule has 0 bridgehead atoms. The Morgan fingerprint density at radius 2 is 2.15 bits per heavy atom. The number of amides is 1. The molecule has 1 N–H and O–H groups in total. The average Bonchev–Trinajstić information content (AvgIpc) is 3.25. The number of carbonyl (C=O) groups excluding carboxylic acids is 1. The van der Waals surface area contributed by atoms with Crippen LogP contribution in [-0.2, 0) is 24.2 Å². The predicted molar refractivity (Wildman–Crippen MR) is 106 cm³/mol. The first-order valence-electron chi connectivity index (χ1n) is 9.37. The summed E-state index contributed by atoms with van der Waals surface area (Å²) in [6, 6.07) is 1.93. The smallest absolute Gasteiger partial charge is 0.262 e. The van der Waals surface area contributed by atoms with E-state index in [0.717, 1.165) is 29.5 Å². The van der Waals surface area contributed by atoms with E-state index in [9.17, 15) is 9.59 Å². The van der Waals surface area contributed by atoms with Gasteiger partial charge in [-0.3, -0.25) is 14.2 Å². The summed E-state index contributed by atoms with van der Waals surface area (Å²) >= 11 is 1.64. The van der Waals surface area contributed by atoms with Crippen molar-refractivity contribution in [2.75, 3.05) is 5.32 Å². The Morgan fingerprint density at radius 1 is 1.33 bits per heavy atom. The van der Waals surface area contributed by atoms with Crippen LogP contribution in [0.4, 0.5) is 5.82 Å². The van der Waals surface area contributed by atoms with Crippen LogP contribution in [0.3, 0.4) is 0 Å². The second kappa shape index (κ2) is 7.26. The maximum absolute atomic E-state index is 12.9. The van der Waals surface area contributed by atoms with Gasteiger partial charge in [-0.15, -0.1) is 11.3 Å². The molecular weight excluding hydrogens is 362 g/mol. The molecule has 7 nitrogen and oxygen atoms in total. The zero-order valence-corrected chi connectivity index (χ0v) is 16.4. The summed E-state index contributed by atoms with van der Waals surface area (Å²) in [5, 5.41) is 7.84. The van der Waals surface area contributed by atoms with E-state index >= 15 is 0 Å². The van der Waals surface area contributed by atoms with Gasteiger partial charge in [0.2, 0.25) is 5.91 Å². The molecule has 3 heterocycles. The lowest BCUT2D eigenvalue weighted by atomic mass is 9.97. The van der Waals surface area contributed by atoms with Crippen molar-refractivity contribution in [3.05, 3.63) is 39.4 Å². The molecule has 0 spiro atoms. The minimum atomic E-state index is -0.142. The number of rotatable bonds is 5. The lowest BCUT2D eigenvalue weighted by Gasteiger charge is -2.12. The largest absolute Gasteiger partial charge is 0.311 e. The van der Waals surface area contributed by atoms with Crippen LogP contribution in [-0.4, -0.2) is 25.2 Å². The summed E-state index contributed by atoms with van der Waals surface area (Å²) in [5.41, 5.74) is 1.15. The molecule has 0 saturated heterocycles. The van der Waals surface area contributed by atoms with Gasteiger partial charge in [0.1, 0.15) is 10.6 Å². The third kappa shape index (κ3) is 3.41. The first-order chi connectivity index (χ1) is 13.0. The highest BCUT2D eigenvalue weighted by molar-refractivity contribution is 7.18. The van der Waals surface area contributed by atoms with Gasteiger partial charge in [-0.1, -0.05) is 0 Å². The highest BCUT2D eigenvalue weighted by atomic mass is 32.1. The Labute approximate surface area is 161 Å². The van der Waals surface area contributed by atoms with E-state index in [0.29, 0.717) is 12.4 Å². The van der Waals surface area contributed by atoms with Crippen molar-refractivity contribution in [3.8, 4) is 0 Å². The van der Waals surface area contributed by atoms with Crippen LogP contribution >= 0.6 is 11.3 Å². The Kier molecular flexibility index (Phi) is 4.82. The minimum Gasteiger partial charge on any atom is -0.311 e. The molecular formula is C19H23N5O2S. The summed E-state index contributed by atoms with van der Waals surface area (Å²) in [6.07, 6.45) is 7.75. The fourth-order valence-corrected chi connectivity index (χ4v) is 4.81. The Morgan fingerprint density at radius 3 is 2.96 bits per heavy atom. The maximum Gasteiger partial charge on any atom is 0.262 e. The molecule has 1 amide bonds. The summed E-state index contributed by atoms with van der Waals surface area (Å²) < 4.78 is 3.32. The van der Waals surface area contributed by atoms with E-state index in [4.69, 9.17) is 0 Å². The van der Waals surface area contributed by atoms with E-state index < -0.39 is 0 Å². The van der Waals surface area contributed by atoms with Crippen molar-refractivity contribution in [2.24, 2.45) is 0 Å². The third-order valence-corrected chi connectivity index (χ3v) is 6.15. The monoisotopic (exact) mass is 385 g/mol. The first-order valence-corrected chi connectivity index (χ1v) is 10.2. The number of hydrogen-bond donors (Lipinski definition) is 1. The standard InChI is InChI=1S/C19H23N5O2S/c1-12(2)24-15(7-9-21-24)22-16(25)8-10-23-11-20-18-17(19(23)26)13-5-3-4-6-14(13)27-18/h7,9,11-12H,3-6,8,10H2,1-2H3,(H,22,25). The summed E-state index contributed by atoms with van der Waals surface area (Å²) in [5.74, 6) is 0.527. The van der Waals surface area contributed by atoms with E-state index in [1.165, 1.54) is 16.9 Å². The van der Waals surface area contributed by atoms with Crippen LogP contribution in [0.2, 0.25) is 0 Å². The number of anilines is 1. The van der Waals surface area contributed by atoms with Crippen LogP contribution in [0.1, 0.15) is 49.6 Å². The molecule has 1 aliphatic rings. The van der Waals surface area contributed by atoms with E-state index in [-0.39, 0.29) is 23.9 Å². The zero-order chi connectivity index (χ0) is 19.0. The van der Waals surface area contributed by atoms with Crippen LogP contribution in [0, 0.1) is 0 Å². The summed E-state index contributed by atoms with van der Waals surface area (Å²) in [7, 11) is 0. The molecule has 0 aromatic carbocycles. The molecule has 4 rings (SSSR count). The van der Waals surface area contributed by atoms with Crippen LogP contribution in [0.5, 0.6) is 0 Å². The van der Waals surface area contributed by atoms with Crippen molar-refractivity contribution >= 4 is 33.3 Å². The number of aryl methyl sites for hydroxylation is 3. The third-order valence-electron chi connectivity index (χ3n) is 4.95. The molecule has 0 aliphatic heterocycles. The van der Waals surface area contributed by atoms with Gasteiger partial charge in [-0.25, -0.2) is 9.67 Å². The average molecular weight is 385 g/mol. The van der Waals surface area contributed by atoms with Crippen molar-refractivity contribution in [1.82, 2.24) is 19.3 Å². The molecule has 0 fully saturated rings. The lowest BCUT2D eigenvalue weighted by Crippen LogP contribution is -2.24. The van der Waals surface area contributed by atoms with Crippen molar-refractivity contribution < 1.29 is 4.79 Å². The molecule has 8 heteroatoms. The molecule has 3 aromatic rings. The van der Waals surface area contributed by atoms with Gasteiger partial charge in [0.05, 0.1) is 17.9 Å². The number of nitrogens with one attached hydrogen (secondary N) is 1. The Hall–Kier alpha value is -2.48. The highest BCUT2D eigenvalue weighted by Gasteiger charge is 2.20. The number of thiophene rings is 1. The van der Waals surface area contributed by atoms with E-state index in [2.05, 4.69) is 15.4 Å². The van der Waals surface area contributed by atoms with Gasteiger partial charge in [-0.05, 0) is 45.1 Å². The summed E-state index contributed by atoms with van der Waals surface area (Å²) in [6.45, 7) is 4.32. The van der Waals surface area contributed by atoms with Gasteiger partial charge in [-0.2, -0.15) is 5.10 Å². The van der Waals surface area contributed by atoms with Crippen LogP contribution in [0.25, 0.3) is 10.2 Å². The first kappa shape index (κ1) is 17.9. The molecule has 0 atom stereocenters. The van der Waals surface area contributed by atoms with Gasteiger partial charge in [0.15, 0.2) is 0 Å². The zero-order valence-electron chi connectivity index (χ0n) is 15.6. The highest BCUT2D eigenvalue weighted by Crippen LogP contribution is 2.33. The summed E-state index contributed by atoms with van der Waals surface area (Å²) in [4.78, 5) is 31.9. The molecule has 3 aromatic heterocycles. The quantitative estimate of drug-likeness (QED) is 0.731. The topological polar surface area (TPSA) is 81.8 Å². The maximum atomic E-state index is 12.9. The fourth-order valence-electron chi connectivity index (χ4n) is 3.59. The minimum absolute atomic E-state index is 0.0283. The SMILES string of the molecule is CC(C)n1nccc1NC(=O)CCn1cnc2sc3c(c2c1=O)CCCC3. The second-order valence-corrected chi connectivity index (χ2v) is 8.27. The Bertz CT molecular complexity index is 1050. The molecule has 0 unspecified atom stereocenters. The van der Waals surface area contributed by atoms with Gasteiger partial charge in [0, 0.05) is 30.0 Å². The molecule has 1 aliphatic carbocycles. The normalized spacial score (nSPS) is 13.9. The number of aromatic nitrogens is 4. The molecule has 142 valence electrons. The molecule has 0 saturated carbocycles. The number of fused-ring (bicyclic) bond motifs is 3. The van der Waals surface area contributed by atoms with E-state index in [1.54, 1.807) is 39.2 Å². The molecule has 27 heavy (non-hydrogen) atoms. The van der Waals surface area contributed by atoms with Gasteiger partial charge in [0.25, 0.3) is 5.56 Å². The van der Waals surface area contributed by atoms with Crippen LogP contribution in [0.15, 0.2) is 23.4 Å². The number of nitrogens with zero attached hydrogens (tertiary/aromatic N) is 4. The van der Waals surface area contributed by atoms with E-state index in [1.807, 2.05) is 13.8 Å². The fraction of sp³-hybridized carbons (Fsp3) is 0.474. The van der Waals surface area contributed by atoms with Crippen LogP contribution < -0.4 is 10.9 Å². The Balaban J connectivity index is 1.50. The van der Waals surface area contributed by atoms with Gasteiger partial charge < -0.3 is 5.32 Å².